The zero-order valence-corrected chi connectivity index (χ0v) is 17.3. The van der Waals surface area contributed by atoms with E-state index in [0.717, 1.165) is 0 Å². The Morgan fingerprint density at radius 1 is 1.03 bits per heavy atom. The second-order valence-corrected chi connectivity index (χ2v) is 7.61. The second-order valence-electron chi connectivity index (χ2n) is 7.61. The molecule has 0 amide bonds. The number of para-hydroxylation sites is 2. The minimum absolute atomic E-state index is 0.0775. The molecule has 3 aromatic rings. The molecule has 10 nitrogen and oxygen atoms in total. The van der Waals surface area contributed by atoms with E-state index in [4.69, 9.17) is 14.2 Å². The van der Waals surface area contributed by atoms with Gasteiger partial charge in [-0.05, 0) is 18.2 Å². The highest BCUT2D eigenvalue weighted by atomic mass is 16.7. The Morgan fingerprint density at radius 2 is 1.76 bits per heavy atom. The summed E-state index contributed by atoms with van der Waals surface area (Å²) in [7, 11) is 0. The molecule has 5 N–H and O–H groups in total. The minimum Gasteiger partial charge on any atom is -0.459 e. The number of H-pyrrole nitrogens is 1. The zero-order valence-electron chi connectivity index (χ0n) is 17.3. The first-order chi connectivity index (χ1) is 15.9. The summed E-state index contributed by atoms with van der Waals surface area (Å²) >= 11 is 0. The van der Waals surface area contributed by atoms with E-state index in [2.05, 4.69) is 4.98 Å². The molecule has 33 heavy (non-hydrogen) atoms. The van der Waals surface area contributed by atoms with Gasteiger partial charge in [0.15, 0.2) is 11.5 Å². The smallest absolute Gasteiger partial charge is 0.298 e. The Labute approximate surface area is 187 Å². The number of hydrogen-bond acceptors (Lipinski definition) is 9. The van der Waals surface area contributed by atoms with E-state index in [-0.39, 0.29) is 30.1 Å². The van der Waals surface area contributed by atoms with E-state index in [1.165, 1.54) is 0 Å². The van der Waals surface area contributed by atoms with Gasteiger partial charge in [-0.15, -0.1) is 0 Å². The summed E-state index contributed by atoms with van der Waals surface area (Å²) < 4.78 is 16.2. The molecule has 1 aliphatic heterocycles. The van der Waals surface area contributed by atoms with Gasteiger partial charge >= 0.3 is 0 Å². The summed E-state index contributed by atoms with van der Waals surface area (Å²) in [5.41, 5.74) is 1.14. The Hall–Kier alpha value is -3.28. The highest BCUT2D eigenvalue weighted by Crippen LogP contribution is 2.34. The molecule has 10 heteroatoms. The number of rotatable bonds is 8. The van der Waals surface area contributed by atoms with Crippen LogP contribution in [0.5, 0.6) is 11.5 Å². The molecular formula is C23H23NO9. The monoisotopic (exact) mass is 457 g/mol. The third-order valence-corrected chi connectivity index (χ3v) is 5.52. The van der Waals surface area contributed by atoms with Gasteiger partial charge in [0.2, 0.25) is 6.29 Å². The van der Waals surface area contributed by atoms with Crippen molar-refractivity contribution in [2.75, 3.05) is 6.61 Å². The van der Waals surface area contributed by atoms with Gasteiger partial charge in [0.25, 0.3) is 6.47 Å². The fourth-order valence-electron chi connectivity index (χ4n) is 3.79. The lowest BCUT2D eigenvalue weighted by atomic mass is 9.99. The highest BCUT2D eigenvalue weighted by Gasteiger charge is 2.45. The van der Waals surface area contributed by atoms with Gasteiger partial charge < -0.3 is 39.6 Å². The van der Waals surface area contributed by atoms with Gasteiger partial charge in [0.1, 0.15) is 35.9 Å². The molecule has 0 bridgehead atoms. The number of aliphatic hydroxyl groups excluding tert-OH is 4. The molecule has 1 aliphatic rings. The van der Waals surface area contributed by atoms with E-state index < -0.39 is 43.1 Å². The van der Waals surface area contributed by atoms with Crippen LogP contribution in [0.2, 0.25) is 0 Å². The number of ketones is 1. The van der Waals surface area contributed by atoms with Crippen LogP contribution in [0.1, 0.15) is 16.1 Å². The first-order valence-corrected chi connectivity index (χ1v) is 10.2. The van der Waals surface area contributed by atoms with Crippen molar-refractivity contribution in [3.63, 3.8) is 0 Å². The number of carbonyl (C=O) groups excluding carboxylic acids is 2. The quantitative estimate of drug-likeness (QED) is 0.237. The maximum Gasteiger partial charge on any atom is 0.298 e. The van der Waals surface area contributed by atoms with Crippen LogP contribution in [0.4, 0.5) is 0 Å². The summed E-state index contributed by atoms with van der Waals surface area (Å²) in [5, 5.41) is 40.4. The molecule has 4 rings (SSSR count). The molecule has 0 saturated carbocycles. The Morgan fingerprint density at radius 3 is 2.52 bits per heavy atom. The summed E-state index contributed by atoms with van der Waals surface area (Å²) in [6.45, 7) is -0.335. The van der Waals surface area contributed by atoms with Gasteiger partial charge in [-0.1, -0.05) is 30.3 Å². The van der Waals surface area contributed by atoms with Crippen LogP contribution in [-0.2, 0) is 16.0 Å². The van der Waals surface area contributed by atoms with Crippen LogP contribution < -0.4 is 9.47 Å². The fourth-order valence-corrected chi connectivity index (χ4v) is 3.79. The minimum atomic E-state index is -1.64. The highest BCUT2D eigenvalue weighted by molar-refractivity contribution is 6.05. The molecule has 5 atom stereocenters. The summed E-state index contributed by atoms with van der Waals surface area (Å²) in [6.07, 6.45) is -7.55. The van der Waals surface area contributed by atoms with Crippen molar-refractivity contribution < 1.29 is 44.2 Å². The third-order valence-electron chi connectivity index (χ3n) is 5.52. The normalized spacial score (nSPS) is 25.0. The Kier molecular flexibility index (Phi) is 6.72. The van der Waals surface area contributed by atoms with Gasteiger partial charge in [-0.3, -0.25) is 9.59 Å². The molecule has 1 saturated heterocycles. The number of Topliss-reactive ketones (excluding diaryl/α,β-unsaturated/α-hetero) is 1. The first-order valence-electron chi connectivity index (χ1n) is 10.2. The van der Waals surface area contributed by atoms with Crippen LogP contribution in [0, 0.1) is 0 Å². The van der Waals surface area contributed by atoms with E-state index >= 15 is 0 Å². The molecule has 0 radical (unpaired) electrons. The molecule has 0 spiro atoms. The van der Waals surface area contributed by atoms with Gasteiger partial charge in [-0.2, -0.15) is 0 Å². The molecule has 2 aromatic carbocycles. The maximum absolute atomic E-state index is 13.2. The lowest BCUT2D eigenvalue weighted by Gasteiger charge is -2.39. The van der Waals surface area contributed by atoms with Crippen molar-refractivity contribution in [2.24, 2.45) is 0 Å². The number of hydrogen-bond donors (Lipinski definition) is 5. The average Bonchev–Trinajstić information content (AvgIpc) is 3.19. The van der Waals surface area contributed by atoms with Gasteiger partial charge in [0.05, 0.1) is 6.61 Å². The largest absolute Gasteiger partial charge is 0.459 e. The molecular weight excluding hydrogens is 434 g/mol. The number of aliphatic hydroxyl groups is 4. The zero-order chi connectivity index (χ0) is 23.5. The summed E-state index contributed by atoms with van der Waals surface area (Å²) in [5.74, 6) is -0.0742. The average molecular weight is 457 g/mol. The number of aromatic nitrogens is 1. The maximum atomic E-state index is 13.2. The molecule has 1 fully saturated rings. The van der Waals surface area contributed by atoms with E-state index in [1.54, 1.807) is 48.5 Å². The van der Waals surface area contributed by atoms with Crippen molar-refractivity contribution in [1.29, 1.82) is 0 Å². The summed E-state index contributed by atoms with van der Waals surface area (Å²) in [6, 6.07) is 13.5. The standard InChI is InChI=1S/C23H23NO9/c25-10-17-19(28)20(29)21(30)23(32-17)33-22-13-6-2-3-7-14(13)24-18(22)15(27)9-12-5-1-4-8-16(12)31-11-26/h1-8,11,17,19-21,23-25,28-30H,9-10H2/t17?,19-,20+,21+,23?/m1/s1. The Balaban J connectivity index is 1.68. The third kappa shape index (κ3) is 4.47. The number of benzene rings is 2. The Bertz CT molecular complexity index is 1140. The number of nitrogens with one attached hydrogen (secondary N) is 1. The molecule has 174 valence electrons. The fraction of sp³-hybridized carbons (Fsp3) is 0.304. The predicted molar refractivity (Wildman–Crippen MR) is 114 cm³/mol. The van der Waals surface area contributed by atoms with Crippen molar-refractivity contribution in [2.45, 2.75) is 37.1 Å². The van der Waals surface area contributed by atoms with Crippen LogP contribution in [0.3, 0.4) is 0 Å². The lowest BCUT2D eigenvalue weighted by molar-refractivity contribution is -0.277. The number of ether oxygens (including phenoxy) is 3. The second kappa shape index (κ2) is 9.69. The predicted octanol–water partition coefficient (Wildman–Crippen LogP) is 0.307. The van der Waals surface area contributed by atoms with Crippen LogP contribution in [0.15, 0.2) is 48.5 Å². The molecule has 2 heterocycles. The SMILES string of the molecule is O=COc1ccccc1CC(=O)c1[nH]c2ccccc2c1OC1OC(CO)[C@@H](O)[C@H](O)[C@@H]1O. The van der Waals surface area contributed by atoms with E-state index in [1.807, 2.05) is 0 Å². The number of fused-ring (bicyclic) bond motifs is 1. The van der Waals surface area contributed by atoms with Crippen molar-refractivity contribution in [3.8, 4) is 11.5 Å². The van der Waals surface area contributed by atoms with Gasteiger partial charge in [-0.25, -0.2) is 0 Å². The summed E-state index contributed by atoms with van der Waals surface area (Å²) in [4.78, 5) is 27.0. The lowest BCUT2D eigenvalue weighted by Crippen LogP contribution is -2.60. The molecule has 0 aliphatic carbocycles. The topological polar surface area (TPSA) is 159 Å². The number of carbonyl (C=O) groups is 2. The first kappa shape index (κ1) is 22.9. The van der Waals surface area contributed by atoms with E-state index in [0.29, 0.717) is 16.5 Å². The van der Waals surface area contributed by atoms with E-state index in [9.17, 15) is 30.0 Å². The van der Waals surface area contributed by atoms with Gasteiger partial charge in [0, 0.05) is 22.9 Å². The van der Waals surface area contributed by atoms with Crippen molar-refractivity contribution in [1.82, 2.24) is 4.98 Å². The number of aromatic amines is 1. The van der Waals surface area contributed by atoms with Crippen molar-refractivity contribution >= 4 is 23.2 Å². The molecule has 1 aromatic heterocycles. The van der Waals surface area contributed by atoms with Crippen molar-refractivity contribution in [3.05, 3.63) is 59.8 Å². The van der Waals surface area contributed by atoms with Crippen LogP contribution in [-0.4, -0.2) is 75.0 Å². The molecule has 2 unspecified atom stereocenters. The van der Waals surface area contributed by atoms with Crippen LogP contribution in [0.25, 0.3) is 10.9 Å². The van der Waals surface area contributed by atoms with Crippen LogP contribution >= 0.6 is 0 Å².